The molecule has 1 aromatic rings. The molecule has 0 spiro atoms. The van der Waals surface area contributed by atoms with Crippen molar-refractivity contribution >= 4 is 5.91 Å². The molecular formula is C16H20N2O. The molecule has 0 radical (unpaired) electrons. The van der Waals surface area contributed by atoms with Crippen molar-refractivity contribution in [3.8, 4) is 6.07 Å². The SMILES string of the molecule is CC(C)(C(=O)N1CCCC(C#N)C1)c1ccccc1. The Morgan fingerprint density at radius 1 is 1.37 bits per heavy atom. The van der Waals surface area contributed by atoms with E-state index >= 15 is 0 Å². The van der Waals surface area contributed by atoms with Crippen molar-refractivity contribution in [2.45, 2.75) is 32.1 Å². The molecule has 1 amide bonds. The van der Waals surface area contributed by atoms with Gasteiger partial charge in [0.1, 0.15) is 0 Å². The summed E-state index contributed by atoms with van der Waals surface area (Å²) in [4.78, 5) is 14.5. The van der Waals surface area contributed by atoms with E-state index in [1.54, 1.807) is 0 Å². The molecule has 0 bridgehead atoms. The number of rotatable bonds is 2. The molecular weight excluding hydrogens is 236 g/mol. The molecule has 2 rings (SSSR count). The molecule has 1 aliphatic heterocycles. The number of likely N-dealkylation sites (tertiary alicyclic amines) is 1. The molecule has 1 heterocycles. The fourth-order valence-electron chi connectivity index (χ4n) is 2.64. The van der Waals surface area contributed by atoms with E-state index < -0.39 is 5.41 Å². The van der Waals surface area contributed by atoms with Crippen LogP contribution in [-0.2, 0) is 10.2 Å². The van der Waals surface area contributed by atoms with Crippen molar-refractivity contribution in [2.24, 2.45) is 5.92 Å². The third kappa shape index (κ3) is 2.78. The summed E-state index contributed by atoms with van der Waals surface area (Å²) < 4.78 is 0. The Morgan fingerprint density at radius 2 is 2.05 bits per heavy atom. The molecule has 100 valence electrons. The average molecular weight is 256 g/mol. The van der Waals surface area contributed by atoms with Gasteiger partial charge in [0.15, 0.2) is 0 Å². The Labute approximate surface area is 114 Å². The van der Waals surface area contributed by atoms with Gasteiger partial charge in [0.05, 0.1) is 17.4 Å². The Morgan fingerprint density at radius 3 is 2.68 bits per heavy atom. The molecule has 1 unspecified atom stereocenters. The summed E-state index contributed by atoms with van der Waals surface area (Å²) in [5.74, 6) is 0.114. The number of carbonyl (C=O) groups excluding carboxylic acids is 1. The van der Waals surface area contributed by atoms with Crippen LogP contribution in [0.2, 0.25) is 0 Å². The van der Waals surface area contributed by atoms with Gasteiger partial charge in [-0.25, -0.2) is 0 Å². The van der Waals surface area contributed by atoms with Gasteiger partial charge in [-0.1, -0.05) is 30.3 Å². The van der Waals surface area contributed by atoms with Gasteiger partial charge < -0.3 is 4.90 Å². The Bertz CT molecular complexity index is 487. The third-order valence-electron chi connectivity index (χ3n) is 3.92. The Hall–Kier alpha value is -1.82. The lowest BCUT2D eigenvalue weighted by Crippen LogP contribution is -2.47. The number of amides is 1. The summed E-state index contributed by atoms with van der Waals surface area (Å²) in [6, 6.07) is 12.1. The predicted molar refractivity (Wildman–Crippen MR) is 74.4 cm³/mol. The van der Waals surface area contributed by atoms with Crippen molar-refractivity contribution in [2.75, 3.05) is 13.1 Å². The van der Waals surface area contributed by atoms with Crippen molar-refractivity contribution in [3.63, 3.8) is 0 Å². The zero-order valence-electron chi connectivity index (χ0n) is 11.6. The molecule has 0 saturated carbocycles. The largest absolute Gasteiger partial charge is 0.341 e. The molecule has 0 aliphatic carbocycles. The van der Waals surface area contributed by atoms with E-state index in [4.69, 9.17) is 5.26 Å². The zero-order valence-corrected chi connectivity index (χ0v) is 11.6. The van der Waals surface area contributed by atoms with E-state index in [0.29, 0.717) is 6.54 Å². The number of hydrogen-bond acceptors (Lipinski definition) is 2. The number of nitriles is 1. The Balaban J connectivity index is 2.17. The lowest BCUT2D eigenvalue weighted by Gasteiger charge is -2.36. The maximum Gasteiger partial charge on any atom is 0.232 e. The first kappa shape index (κ1) is 13.6. The molecule has 1 aliphatic rings. The van der Waals surface area contributed by atoms with Crippen LogP contribution in [-0.4, -0.2) is 23.9 Å². The molecule has 1 saturated heterocycles. The van der Waals surface area contributed by atoms with Gasteiger partial charge in [-0.3, -0.25) is 4.79 Å². The first-order chi connectivity index (χ1) is 9.05. The van der Waals surface area contributed by atoms with Gasteiger partial charge in [0.25, 0.3) is 0 Å². The number of carbonyl (C=O) groups is 1. The van der Waals surface area contributed by atoms with Gasteiger partial charge in [0, 0.05) is 13.1 Å². The highest BCUT2D eigenvalue weighted by molar-refractivity contribution is 5.87. The number of piperidine rings is 1. The molecule has 0 N–H and O–H groups in total. The summed E-state index contributed by atoms with van der Waals surface area (Å²) in [6.07, 6.45) is 1.83. The van der Waals surface area contributed by atoms with Crippen LogP contribution in [0.25, 0.3) is 0 Å². The first-order valence-electron chi connectivity index (χ1n) is 6.80. The summed E-state index contributed by atoms with van der Waals surface area (Å²) in [5.41, 5.74) is 0.498. The summed E-state index contributed by atoms with van der Waals surface area (Å²) in [5, 5.41) is 9.02. The van der Waals surface area contributed by atoms with Gasteiger partial charge in [-0.15, -0.1) is 0 Å². The van der Waals surface area contributed by atoms with Crippen LogP contribution in [0.4, 0.5) is 0 Å². The van der Waals surface area contributed by atoms with Crippen LogP contribution in [0.1, 0.15) is 32.3 Å². The van der Waals surface area contributed by atoms with Gasteiger partial charge in [-0.05, 0) is 32.3 Å². The minimum Gasteiger partial charge on any atom is -0.341 e. The maximum absolute atomic E-state index is 12.7. The van der Waals surface area contributed by atoms with E-state index in [-0.39, 0.29) is 11.8 Å². The molecule has 1 aromatic carbocycles. The van der Waals surface area contributed by atoms with E-state index in [2.05, 4.69) is 6.07 Å². The molecule has 19 heavy (non-hydrogen) atoms. The van der Waals surface area contributed by atoms with Gasteiger partial charge in [0.2, 0.25) is 5.91 Å². The highest BCUT2D eigenvalue weighted by Gasteiger charge is 2.35. The predicted octanol–water partition coefficient (Wildman–Crippen LogP) is 2.73. The second kappa shape index (κ2) is 5.44. The standard InChI is InChI=1S/C16H20N2O/c1-16(2,14-8-4-3-5-9-14)15(19)18-10-6-7-13(11-17)12-18/h3-5,8-9,13H,6-7,10,12H2,1-2H3. The summed E-state index contributed by atoms with van der Waals surface area (Å²) in [7, 11) is 0. The lowest BCUT2D eigenvalue weighted by molar-refractivity contribution is -0.137. The van der Waals surface area contributed by atoms with E-state index in [9.17, 15) is 4.79 Å². The number of hydrogen-bond donors (Lipinski definition) is 0. The highest BCUT2D eigenvalue weighted by atomic mass is 16.2. The van der Waals surface area contributed by atoms with Crippen LogP contribution in [0.3, 0.4) is 0 Å². The smallest absolute Gasteiger partial charge is 0.232 e. The maximum atomic E-state index is 12.7. The normalized spacial score (nSPS) is 19.8. The number of benzene rings is 1. The van der Waals surface area contributed by atoms with Crippen molar-refractivity contribution in [3.05, 3.63) is 35.9 Å². The van der Waals surface area contributed by atoms with E-state index in [1.165, 1.54) is 0 Å². The molecule has 3 heteroatoms. The zero-order chi connectivity index (χ0) is 13.9. The van der Waals surface area contributed by atoms with Crippen molar-refractivity contribution in [1.29, 1.82) is 5.26 Å². The van der Waals surface area contributed by atoms with Crippen LogP contribution in [0, 0.1) is 17.2 Å². The minimum atomic E-state index is -0.529. The van der Waals surface area contributed by atoms with E-state index in [0.717, 1.165) is 24.9 Å². The highest BCUT2D eigenvalue weighted by Crippen LogP contribution is 2.28. The quantitative estimate of drug-likeness (QED) is 0.816. The van der Waals surface area contributed by atoms with Crippen LogP contribution in [0.15, 0.2) is 30.3 Å². The van der Waals surface area contributed by atoms with Crippen molar-refractivity contribution in [1.82, 2.24) is 4.90 Å². The van der Waals surface area contributed by atoms with Crippen LogP contribution in [0.5, 0.6) is 0 Å². The second-order valence-corrected chi connectivity index (χ2v) is 5.71. The Kier molecular flexibility index (Phi) is 3.90. The lowest BCUT2D eigenvalue weighted by atomic mass is 9.82. The fourth-order valence-corrected chi connectivity index (χ4v) is 2.64. The van der Waals surface area contributed by atoms with E-state index in [1.807, 2.05) is 49.1 Å². The van der Waals surface area contributed by atoms with Gasteiger partial charge >= 0.3 is 0 Å². The second-order valence-electron chi connectivity index (χ2n) is 5.71. The summed E-state index contributed by atoms with van der Waals surface area (Å²) >= 11 is 0. The van der Waals surface area contributed by atoms with Gasteiger partial charge in [-0.2, -0.15) is 5.26 Å². The van der Waals surface area contributed by atoms with Crippen molar-refractivity contribution < 1.29 is 4.79 Å². The minimum absolute atomic E-state index is 0.00993. The van der Waals surface area contributed by atoms with Crippen LogP contribution >= 0.6 is 0 Å². The number of nitrogens with zero attached hydrogens (tertiary/aromatic N) is 2. The molecule has 0 aromatic heterocycles. The fraction of sp³-hybridized carbons (Fsp3) is 0.500. The molecule has 1 fully saturated rings. The molecule has 1 atom stereocenters. The monoisotopic (exact) mass is 256 g/mol. The topological polar surface area (TPSA) is 44.1 Å². The van der Waals surface area contributed by atoms with Crippen LogP contribution < -0.4 is 0 Å². The first-order valence-corrected chi connectivity index (χ1v) is 6.80. The third-order valence-corrected chi connectivity index (χ3v) is 3.92. The molecule has 3 nitrogen and oxygen atoms in total. The summed E-state index contributed by atoms with van der Waals surface area (Å²) in [6.45, 7) is 5.26. The average Bonchev–Trinajstić information content (AvgIpc) is 2.47.